The Kier molecular flexibility index (Phi) is 3.29. The third kappa shape index (κ3) is 9.68. The highest BCUT2D eigenvalue weighted by Crippen LogP contribution is 2.19. The van der Waals surface area contributed by atoms with Crippen LogP contribution in [-0.4, -0.2) is 18.6 Å². The molecule has 0 heterocycles. The average Bonchev–Trinajstić information content (AvgIpc) is 1.55. The van der Waals surface area contributed by atoms with Crippen molar-refractivity contribution < 1.29 is 22.3 Å². The molecule has 68 valence electrons. The summed E-state index contributed by atoms with van der Waals surface area (Å²) >= 11 is 0. The van der Waals surface area contributed by atoms with E-state index in [2.05, 4.69) is 4.74 Å². The Morgan fingerprint density at radius 3 is 1.82 bits per heavy atom. The Morgan fingerprint density at radius 1 is 1.09 bits per heavy atom. The molecule has 0 aliphatic rings. The molecule has 1 nitrogen and oxygen atoms in total. The van der Waals surface area contributed by atoms with Crippen molar-refractivity contribution in [3.05, 3.63) is 0 Å². The summed E-state index contributed by atoms with van der Waals surface area (Å²) in [5, 5.41) is 0. The Balaban J connectivity index is 3.44. The van der Waals surface area contributed by atoms with Crippen molar-refractivity contribution in [2.75, 3.05) is 6.61 Å². The number of alkyl halides is 4. The normalized spacial score (nSPS) is 13.6. The van der Waals surface area contributed by atoms with Crippen LogP contribution in [0.3, 0.4) is 0 Å². The molecule has 0 aromatic heterocycles. The Labute approximate surface area is 62.3 Å². The van der Waals surface area contributed by atoms with E-state index in [1.165, 1.54) is 0 Å². The predicted octanol–water partition coefficient (Wildman–Crippen LogP) is 2.66. The lowest BCUT2D eigenvalue weighted by Crippen LogP contribution is -2.20. The molecule has 0 amide bonds. The second-order valence-corrected chi connectivity index (χ2v) is 2.48. The van der Waals surface area contributed by atoms with Gasteiger partial charge in [0, 0.05) is 13.3 Å². The van der Waals surface area contributed by atoms with Crippen LogP contribution in [0.5, 0.6) is 0 Å². The number of hydrogen-bond donors (Lipinski definition) is 0. The van der Waals surface area contributed by atoms with Gasteiger partial charge in [0.25, 0.3) is 0 Å². The van der Waals surface area contributed by atoms with Crippen LogP contribution in [0.15, 0.2) is 0 Å². The van der Waals surface area contributed by atoms with Gasteiger partial charge in [0.2, 0.25) is 5.92 Å². The van der Waals surface area contributed by atoms with Crippen molar-refractivity contribution >= 4 is 0 Å². The molecular weight excluding hydrogens is 164 g/mol. The molecule has 0 fully saturated rings. The molecule has 0 saturated heterocycles. The van der Waals surface area contributed by atoms with Crippen LogP contribution in [-0.2, 0) is 4.74 Å². The molecule has 0 aromatic carbocycles. The maximum absolute atomic E-state index is 12.0. The van der Waals surface area contributed by atoms with Gasteiger partial charge in [0.15, 0.2) is 0 Å². The van der Waals surface area contributed by atoms with Crippen molar-refractivity contribution in [2.45, 2.75) is 32.3 Å². The molecule has 0 aliphatic carbocycles. The molecule has 0 unspecified atom stereocenters. The van der Waals surface area contributed by atoms with Crippen LogP contribution in [0.4, 0.5) is 17.6 Å². The molecule has 0 atom stereocenters. The van der Waals surface area contributed by atoms with E-state index in [0.29, 0.717) is 13.8 Å². The minimum absolute atomic E-state index is 0.515. The van der Waals surface area contributed by atoms with Gasteiger partial charge in [-0.2, -0.15) is 8.78 Å². The first-order valence-electron chi connectivity index (χ1n) is 3.10. The first-order valence-corrected chi connectivity index (χ1v) is 3.10. The van der Waals surface area contributed by atoms with Gasteiger partial charge in [0.05, 0.1) is 6.61 Å². The summed E-state index contributed by atoms with van der Waals surface area (Å²) in [5.41, 5.74) is 0. The van der Waals surface area contributed by atoms with Crippen LogP contribution >= 0.6 is 0 Å². The van der Waals surface area contributed by atoms with Gasteiger partial charge in [0.1, 0.15) is 0 Å². The number of halogens is 4. The van der Waals surface area contributed by atoms with Crippen LogP contribution in [0, 0.1) is 0 Å². The first-order chi connectivity index (χ1) is 4.71. The molecule has 5 heteroatoms. The lowest BCUT2D eigenvalue weighted by Gasteiger charge is -2.13. The van der Waals surface area contributed by atoms with E-state index in [1.807, 2.05) is 0 Å². The van der Waals surface area contributed by atoms with Crippen molar-refractivity contribution in [3.8, 4) is 0 Å². The second-order valence-electron chi connectivity index (χ2n) is 2.48. The van der Waals surface area contributed by atoms with Crippen LogP contribution in [0.25, 0.3) is 0 Å². The van der Waals surface area contributed by atoms with Gasteiger partial charge < -0.3 is 4.74 Å². The third-order valence-electron chi connectivity index (χ3n) is 0.897. The summed E-state index contributed by atoms with van der Waals surface area (Å²) in [4.78, 5) is 0. The minimum Gasteiger partial charge on any atom is -0.320 e. The van der Waals surface area contributed by atoms with Gasteiger partial charge in [-0.3, -0.25) is 0 Å². The quantitative estimate of drug-likeness (QED) is 0.595. The monoisotopic (exact) mass is 174 g/mol. The van der Waals surface area contributed by atoms with Crippen molar-refractivity contribution in [1.82, 2.24) is 0 Å². The second kappa shape index (κ2) is 3.38. The molecule has 11 heavy (non-hydrogen) atoms. The highest BCUT2D eigenvalue weighted by Gasteiger charge is 2.26. The van der Waals surface area contributed by atoms with Gasteiger partial charge in [-0.25, -0.2) is 8.78 Å². The van der Waals surface area contributed by atoms with Crippen molar-refractivity contribution in [1.29, 1.82) is 0 Å². The lowest BCUT2D eigenvalue weighted by atomic mass is 10.3. The fraction of sp³-hybridized carbons (Fsp3) is 1.00. The highest BCUT2D eigenvalue weighted by molar-refractivity contribution is 4.56. The van der Waals surface area contributed by atoms with Gasteiger partial charge in [-0.05, 0) is 6.92 Å². The van der Waals surface area contributed by atoms with E-state index in [4.69, 9.17) is 0 Å². The Morgan fingerprint density at radius 2 is 1.55 bits per heavy atom. The number of ether oxygens (including phenoxy) is 1. The number of hydrogen-bond acceptors (Lipinski definition) is 1. The summed E-state index contributed by atoms with van der Waals surface area (Å²) < 4.78 is 51.4. The van der Waals surface area contributed by atoms with E-state index in [1.54, 1.807) is 0 Å². The summed E-state index contributed by atoms with van der Waals surface area (Å²) in [6.45, 7) is 0.540. The van der Waals surface area contributed by atoms with Crippen LogP contribution in [0.1, 0.15) is 20.3 Å². The summed E-state index contributed by atoms with van der Waals surface area (Å²) in [6, 6.07) is 0. The first kappa shape index (κ1) is 10.7. The maximum atomic E-state index is 12.0. The van der Waals surface area contributed by atoms with E-state index >= 15 is 0 Å². The van der Waals surface area contributed by atoms with E-state index in [0.717, 1.165) is 0 Å². The maximum Gasteiger partial charge on any atom is 0.352 e. The van der Waals surface area contributed by atoms with Crippen LogP contribution in [0.2, 0.25) is 0 Å². The molecule has 0 bridgehead atoms. The fourth-order valence-corrected chi connectivity index (χ4v) is 0.409. The largest absolute Gasteiger partial charge is 0.352 e. The highest BCUT2D eigenvalue weighted by atomic mass is 19.3. The molecule has 0 N–H and O–H groups in total. The average molecular weight is 174 g/mol. The zero-order valence-corrected chi connectivity index (χ0v) is 6.33. The topological polar surface area (TPSA) is 9.23 Å². The predicted molar refractivity (Wildman–Crippen MR) is 31.8 cm³/mol. The van der Waals surface area contributed by atoms with E-state index < -0.39 is 25.1 Å². The summed E-state index contributed by atoms with van der Waals surface area (Å²) in [6.07, 6.45) is -4.00. The van der Waals surface area contributed by atoms with Crippen molar-refractivity contribution in [2.24, 2.45) is 0 Å². The minimum atomic E-state index is -3.31. The van der Waals surface area contributed by atoms with Gasteiger partial charge >= 0.3 is 6.11 Å². The molecule has 0 rings (SSSR count). The zero-order chi connectivity index (χ0) is 9.12. The lowest BCUT2D eigenvalue weighted by molar-refractivity contribution is -0.230. The zero-order valence-electron chi connectivity index (χ0n) is 6.33. The van der Waals surface area contributed by atoms with Crippen molar-refractivity contribution in [3.63, 3.8) is 0 Å². The third-order valence-corrected chi connectivity index (χ3v) is 0.897. The Bertz CT molecular complexity index is 98.7. The summed E-state index contributed by atoms with van der Waals surface area (Å²) in [7, 11) is 0. The molecule has 0 aliphatic heterocycles. The fourth-order valence-electron chi connectivity index (χ4n) is 0.409. The molecule has 0 aromatic rings. The van der Waals surface area contributed by atoms with Crippen LogP contribution < -0.4 is 0 Å². The number of rotatable bonds is 4. The van der Waals surface area contributed by atoms with Gasteiger partial charge in [-0.1, -0.05) is 0 Å². The van der Waals surface area contributed by atoms with Gasteiger partial charge in [-0.15, -0.1) is 0 Å². The Hall–Kier alpha value is -0.320. The smallest absolute Gasteiger partial charge is 0.320 e. The summed E-state index contributed by atoms with van der Waals surface area (Å²) in [5.74, 6) is -2.94. The van der Waals surface area contributed by atoms with E-state index in [9.17, 15) is 17.6 Å². The molecular formula is C6H10F4O. The van der Waals surface area contributed by atoms with E-state index in [-0.39, 0.29) is 0 Å². The SMILES string of the molecule is CC(F)(F)CCOC(C)(F)F. The molecule has 0 radical (unpaired) electrons. The molecule has 0 spiro atoms. The standard InChI is InChI=1S/C6H10F4O/c1-5(7,8)3-4-11-6(2,9)10/h3-4H2,1-2H3. The molecule has 0 saturated carbocycles.